The van der Waals surface area contributed by atoms with Crippen molar-refractivity contribution in [3.63, 3.8) is 0 Å². The van der Waals surface area contributed by atoms with E-state index in [1.807, 2.05) is 4.90 Å². The van der Waals surface area contributed by atoms with E-state index < -0.39 is 12.1 Å². The van der Waals surface area contributed by atoms with Gasteiger partial charge >= 0.3 is 12.1 Å². The highest BCUT2D eigenvalue weighted by molar-refractivity contribution is 5.82. The van der Waals surface area contributed by atoms with Crippen molar-refractivity contribution < 1.29 is 18.0 Å². The Morgan fingerprint density at radius 3 is 2.47 bits per heavy atom. The molecule has 1 amide bonds. The van der Waals surface area contributed by atoms with Crippen LogP contribution >= 0.6 is 0 Å². The summed E-state index contributed by atoms with van der Waals surface area (Å²) < 4.78 is 35.9. The Labute approximate surface area is 85.8 Å². The summed E-state index contributed by atoms with van der Waals surface area (Å²) in [6, 6.07) is -0.000139. The zero-order valence-corrected chi connectivity index (χ0v) is 8.42. The second kappa shape index (κ2) is 4.36. The van der Waals surface area contributed by atoms with E-state index in [1.54, 1.807) is 7.05 Å². The Hall–Kier alpha value is -0.820. The number of hydrogen-bond acceptors (Lipinski definition) is 3. The maximum absolute atomic E-state index is 12.0. The number of carbonyl (C=O) groups is 1. The molecule has 0 saturated carbocycles. The van der Waals surface area contributed by atoms with Crippen LogP contribution in [0.25, 0.3) is 0 Å². The Balaban J connectivity index is 2.34. The minimum Gasteiger partial charge on any atom is -0.332 e. The van der Waals surface area contributed by atoms with Gasteiger partial charge in [0, 0.05) is 32.2 Å². The summed E-state index contributed by atoms with van der Waals surface area (Å²) in [7, 11) is 1.78. The van der Waals surface area contributed by atoms with Crippen molar-refractivity contribution in [2.75, 3.05) is 33.2 Å². The van der Waals surface area contributed by atoms with E-state index in [4.69, 9.17) is 5.73 Å². The molecule has 4 nitrogen and oxygen atoms in total. The van der Waals surface area contributed by atoms with Crippen molar-refractivity contribution in [2.45, 2.75) is 12.2 Å². The molecule has 0 radical (unpaired) electrons. The minimum atomic E-state index is -4.75. The van der Waals surface area contributed by atoms with Gasteiger partial charge in [-0.15, -0.1) is 0 Å². The molecule has 1 aliphatic heterocycles. The second-order valence-electron chi connectivity index (χ2n) is 3.63. The molecule has 1 aliphatic rings. The lowest BCUT2D eigenvalue weighted by molar-refractivity contribution is -0.191. The van der Waals surface area contributed by atoms with Gasteiger partial charge in [0.15, 0.2) is 0 Å². The molecule has 7 heteroatoms. The first kappa shape index (κ1) is 12.3. The van der Waals surface area contributed by atoms with E-state index in [0.717, 1.165) is 4.90 Å². The molecule has 1 saturated heterocycles. The largest absolute Gasteiger partial charge is 0.471 e. The zero-order chi connectivity index (χ0) is 11.6. The smallest absolute Gasteiger partial charge is 0.332 e. The van der Waals surface area contributed by atoms with E-state index in [-0.39, 0.29) is 19.1 Å². The van der Waals surface area contributed by atoms with Gasteiger partial charge in [0.25, 0.3) is 0 Å². The lowest BCUT2D eigenvalue weighted by Crippen LogP contribution is -2.62. The molecule has 1 heterocycles. The van der Waals surface area contributed by atoms with Gasteiger partial charge in [-0.2, -0.15) is 13.2 Å². The van der Waals surface area contributed by atoms with Gasteiger partial charge in [-0.1, -0.05) is 0 Å². The topological polar surface area (TPSA) is 49.6 Å². The summed E-state index contributed by atoms with van der Waals surface area (Å²) >= 11 is 0. The van der Waals surface area contributed by atoms with Crippen LogP contribution in [0.1, 0.15) is 0 Å². The Morgan fingerprint density at radius 2 is 2.07 bits per heavy atom. The molecule has 1 fully saturated rings. The molecule has 0 aromatic heterocycles. The second-order valence-corrected chi connectivity index (χ2v) is 3.63. The van der Waals surface area contributed by atoms with Crippen LogP contribution in [0, 0.1) is 0 Å². The molecule has 0 spiro atoms. The predicted octanol–water partition coefficient (Wildman–Crippen LogP) is -0.350. The minimum absolute atomic E-state index is 0.000139. The van der Waals surface area contributed by atoms with Gasteiger partial charge in [-0.3, -0.25) is 9.69 Å². The number of hydrogen-bond donors (Lipinski definition) is 1. The first-order chi connectivity index (χ1) is 6.86. The average molecular weight is 225 g/mol. The third-order valence-electron chi connectivity index (χ3n) is 2.50. The number of halogens is 3. The monoisotopic (exact) mass is 225 g/mol. The maximum atomic E-state index is 12.0. The number of nitrogens with two attached hydrogens (primary N) is 1. The number of likely N-dealkylation sites (tertiary alicyclic amines) is 1. The summed E-state index contributed by atoms with van der Waals surface area (Å²) in [4.78, 5) is 13.4. The molecule has 15 heavy (non-hydrogen) atoms. The number of rotatable bonds is 3. The molecule has 1 rings (SSSR count). The van der Waals surface area contributed by atoms with Gasteiger partial charge in [0.05, 0.1) is 0 Å². The van der Waals surface area contributed by atoms with Crippen molar-refractivity contribution in [3.05, 3.63) is 0 Å². The summed E-state index contributed by atoms with van der Waals surface area (Å²) in [5.41, 5.74) is 5.31. The lowest BCUT2D eigenvalue weighted by atomic mass is 10.1. The van der Waals surface area contributed by atoms with Crippen molar-refractivity contribution in [2.24, 2.45) is 5.73 Å². The molecule has 0 aromatic rings. The van der Waals surface area contributed by atoms with Crippen LogP contribution in [-0.2, 0) is 4.79 Å². The number of likely N-dealkylation sites (N-methyl/N-ethyl adjacent to an activating group) is 1. The third kappa shape index (κ3) is 2.82. The van der Waals surface area contributed by atoms with E-state index >= 15 is 0 Å². The standard InChI is InChI=1S/C8H14F3N3O/c1-13(3-2-12)6-4-14(5-6)7(15)8(9,10)11/h6H,2-5,12H2,1H3. The van der Waals surface area contributed by atoms with Gasteiger partial charge in [-0.25, -0.2) is 0 Å². The number of alkyl halides is 3. The number of nitrogens with zero attached hydrogens (tertiary/aromatic N) is 2. The molecule has 0 atom stereocenters. The normalized spacial score (nSPS) is 18.1. The average Bonchev–Trinajstić information content (AvgIpc) is 1.99. The molecule has 0 aliphatic carbocycles. The van der Waals surface area contributed by atoms with Crippen molar-refractivity contribution in [3.8, 4) is 0 Å². The summed E-state index contributed by atoms with van der Waals surface area (Å²) in [5.74, 6) is -1.75. The summed E-state index contributed by atoms with van der Waals surface area (Å²) in [6.45, 7) is 1.35. The lowest BCUT2D eigenvalue weighted by Gasteiger charge is -2.44. The van der Waals surface area contributed by atoms with E-state index in [9.17, 15) is 18.0 Å². The molecule has 2 N–H and O–H groups in total. The van der Waals surface area contributed by atoms with Crippen LogP contribution in [0.3, 0.4) is 0 Å². The summed E-state index contributed by atoms with van der Waals surface area (Å²) in [6.07, 6.45) is -4.75. The van der Waals surface area contributed by atoms with Crippen LogP contribution in [-0.4, -0.2) is 61.2 Å². The molecular formula is C8H14F3N3O. The highest BCUT2D eigenvalue weighted by atomic mass is 19.4. The first-order valence-corrected chi connectivity index (χ1v) is 4.62. The molecule has 0 aromatic carbocycles. The van der Waals surface area contributed by atoms with Gasteiger partial charge in [0.1, 0.15) is 0 Å². The van der Waals surface area contributed by atoms with Crippen molar-refractivity contribution in [1.82, 2.24) is 9.80 Å². The Kier molecular flexibility index (Phi) is 3.56. The number of amides is 1. The van der Waals surface area contributed by atoms with E-state index in [2.05, 4.69) is 0 Å². The van der Waals surface area contributed by atoms with Crippen LogP contribution < -0.4 is 5.73 Å². The van der Waals surface area contributed by atoms with Crippen LogP contribution in [0.15, 0.2) is 0 Å². The fourth-order valence-electron chi connectivity index (χ4n) is 1.47. The fourth-order valence-corrected chi connectivity index (χ4v) is 1.47. The third-order valence-corrected chi connectivity index (χ3v) is 2.50. The van der Waals surface area contributed by atoms with Crippen molar-refractivity contribution >= 4 is 5.91 Å². The zero-order valence-electron chi connectivity index (χ0n) is 8.42. The molecule has 0 bridgehead atoms. The van der Waals surface area contributed by atoms with Crippen LogP contribution in [0.4, 0.5) is 13.2 Å². The quantitative estimate of drug-likeness (QED) is 0.714. The highest BCUT2D eigenvalue weighted by Crippen LogP contribution is 2.23. The molecule has 0 unspecified atom stereocenters. The van der Waals surface area contributed by atoms with E-state index in [0.29, 0.717) is 13.1 Å². The molecule has 88 valence electrons. The highest BCUT2D eigenvalue weighted by Gasteiger charge is 2.47. The first-order valence-electron chi connectivity index (χ1n) is 4.62. The molecular weight excluding hydrogens is 211 g/mol. The van der Waals surface area contributed by atoms with Crippen LogP contribution in [0.5, 0.6) is 0 Å². The maximum Gasteiger partial charge on any atom is 0.471 e. The Bertz CT molecular complexity index is 238. The number of carbonyl (C=O) groups excluding carboxylic acids is 1. The van der Waals surface area contributed by atoms with Crippen LogP contribution in [0.2, 0.25) is 0 Å². The Morgan fingerprint density at radius 1 is 1.53 bits per heavy atom. The fraction of sp³-hybridized carbons (Fsp3) is 0.875. The SMILES string of the molecule is CN(CCN)C1CN(C(=O)C(F)(F)F)C1. The van der Waals surface area contributed by atoms with Gasteiger partial charge < -0.3 is 10.6 Å². The predicted molar refractivity (Wildman–Crippen MR) is 48.1 cm³/mol. The van der Waals surface area contributed by atoms with Gasteiger partial charge in [0.2, 0.25) is 0 Å². The van der Waals surface area contributed by atoms with E-state index in [1.165, 1.54) is 0 Å². The van der Waals surface area contributed by atoms with Crippen molar-refractivity contribution in [1.29, 1.82) is 0 Å². The van der Waals surface area contributed by atoms with Gasteiger partial charge in [-0.05, 0) is 7.05 Å². The summed E-state index contributed by atoms with van der Waals surface area (Å²) in [5, 5.41) is 0.